The average molecular weight is 314 g/mol. The van der Waals surface area contributed by atoms with Gasteiger partial charge in [-0.1, -0.05) is 13.0 Å². The Labute approximate surface area is 134 Å². The molecule has 1 aliphatic heterocycles. The number of nitrogen functional groups attached to an aromatic ring is 1. The van der Waals surface area contributed by atoms with E-state index in [0.29, 0.717) is 5.69 Å². The summed E-state index contributed by atoms with van der Waals surface area (Å²) >= 11 is 0. The Kier molecular flexibility index (Phi) is 3.46. The van der Waals surface area contributed by atoms with Gasteiger partial charge in [0.15, 0.2) is 5.82 Å². The van der Waals surface area contributed by atoms with E-state index >= 15 is 0 Å². The number of hydrogen-bond acceptors (Lipinski definition) is 5. The van der Waals surface area contributed by atoms with Gasteiger partial charge in [0.1, 0.15) is 5.69 Å². The summed E-state index contributed by atoms with van der Waals surface area (Å²) < 4.78 is 5.44. The number of morpholine rings is 1. The van der Waals surface area contributed by atoms with Gasteiger partial charge in [0.05, 0.1) is 30.8 Å². The summed E-state index contributed by atoms with van der Waals surface area (Å²) in [5, 5.41) is 6.87. The lowest BCUT2D eigenvalue weighted by molar-refractivity contribution is 0.0248. The van der Waals surface area contributed by atoms with Crippen LogP contribution in [0.2, 0.25) is 0 Å². The molecule has 2 aromatic rings. The molecule has 3 heterocycles. The first-order valence-electron chi connectivity index (χ1n) is 8.00. The van der Waals surface area contributed by atoms with Crippen LogP contribution in [0.5, 0.6) is 0 Å². The van der Waals surface area contributed by atoms with Crippen LogP contribution in [0.15, 0.2) is 12.3 Å². The zero-order valence-electron chi connectivity index (χ0n) is 13.3. The van der Waals surface area contributed by atoms with Crippen molar-refractivity contribution in [1.82, 2.24) is 25.1 Å². The number of imidazole rings is 1. The predicted octanol–water partition coefficient (Wildman–Crippen LogP) is 1.29. The van der Waals surface area contributed by atoms with Gasteiger partial charge in [0, 0.05) is 30.7 Å². The minimum atomic E-state index is 0.105. The number of nitrogens with two attached hydrogens (primary N) is 1. The molecule has 0 amide bonds. The van der Waals surface area contributed by atoms with Crippen LogP contribution in [0.25, 0.3) is 17.6 Å². The lowest BCUT2D eigenvalue weighted by Gasteiger charge is -2.36. The number of hydrogen-bond donors (Lipinski definition) is 3. The summed E-state index contributed by atoms with van der Waals surface area (Å²) in [6.45, 7) is 7.01. The number of fused-ring (bicyclic) bond motifs is 1. The monoisotopic (exact) mass is 314 g/mol. The van der Waals surface area contributed by atoms with Gasteiger partial charge in [-0.15, -0.1) is 0 Å². The van der Waals surface area contributed by atoms with Gasteiger partial charge in [-0.25, -0.2) is 4.98 Å². The first-order valence-corrected chi connectivity index (χ1v) is 8.00. The first kappa shape index (κ1) is 14.5. The van der Waals surface area contributed by atoms with E-state index in [1.54, 1.807) is 6.20 Å². The minimum absolute atomic E-state index is 0.105. The van der Waals surface area contributed by atoms with Crippen LogP contribution in [0.3, 0.4) is 0 Å². The Morgan fingerprint density at radius 1 is 1.39 bits per heavy atom. The summed E-state index contributed by atoms with van der Waals surface area (Å²) in [6.07, 6.45) is 6.95. The fraction of sp³-hybridized carbons (Fsp3) is 0.500. The summed E-state index contributed by atoms with van der Waals surface area (Å²) in [5.41, 5.74) is 9.54. The highest BCUT2D eigenvalue weighted by Crippen LogP contribution is 2.34. The molecule has 1 unspecified atom stereocenters. The van der Waals surface area contributed by atoms with Gasteiger partial charge in [-0.3, -0.25) is 10.00 Å². The van der Waals surface area contributed by atoms with E-state index in [1.807, 2.05) is 0 Å². The summed E-state index contributed by atoms with van der Waals surface area (Å²) in [5.74, 6) is 0.755. The molecule has 0 spiro atoms. The number of ether oxygens (including phenoxy) is 1. The molecule has 0 saturated carbocycles. The van der Waals surface area contributed by atoms with Gasteiger partial charge in [-0.2, -0.15) is 5.10 Å². The Balaban J connectivity index is 1.54. The number of H-pyrrole nitrogens is 2. The number of aromatic nitrogens is 4. The molecule has 1 fully saturated rings. The van der Waals surface area contributed by atoms with E-state index in [-0.39, 0.29) is 5.41 Å². The SMILES string of the molecule is CC1(CN2CCOCC2)C=Cc2nc(-c3[nH]ncc3N)[nH]c2C1. The smallest absolute Gasteiger partial charge is 0.158 e. The number of aromatic amines is 2. The second kappa shape index (κ2) is 5.50. The number of anilines is 1. The van der Waals surface area contributed by atoms with Crippen LogP contribution in [0.1, 0.15) is 18.3 Å². The van der Waals surface area contributed by atoms with Gasteiger partial charge in [-0.05, 0) is 12.5 Å². The highest BCUT2D eigenvalue weighted by molar-refractivity contribution is 5.68. The van der Waals surface area contributed by atoms with Crippen LogP contribution in [0.4, 0.5) is 5.69 Å². The molecule has 0 radical (unpaired) electrons. The highest BCUT2D eigenvalue weighted by atomic mass is 16.5. The standard InChI is InChI=1S/C16H22N6O/c1-16(10-22-4-6-23-7-5-22)3-2-12-13(8-16)20-15(19-12)14-11(17)9-18-21-14/h2-3,9H,4-8,10,17H2,1H3,(H,18,21)(H,19,20). The molecule has 2 aliphatic rings. The second-order valence-corrected chi connectivity index (χ2v) is 6.70. The Morgan fingerprint density at radius 2 is 2.22 bits per heavy atom. The third kappa shape index (κ3) is 2.77. The minimum Gasteiger partial charge on any atom is -0.396 e. The van der Waals surface area contributed by atoms with E-state index in [0.717, 1.165) is 62.2 Å². The molecule has 2 aromatic heterocycles. The van der Waals surface area contributed by atoms with Crippen molar-refractivity contribution in [3.05, 3.63) is 23.7 Å². The van der Waals surface area contributed by atoms with Crippen molar-refractivity contribution in [3.63, 3.8) is 0 Å². The molecule has 7 nitrogen and oxygen atoms in total. The van der Waals surface area contributed by atoms with Crippen LogP contribution < -0.4 is 5.73 Å². The van der Waals surface area contributed by atoms with Gasteiger partial charge >= 0.3 is 0 Å². The lowest BCUT2D eigenvalue weighted by Crippen LogP contribution is -2.43. The van der Waals surface area contributed by atoms with E-state index in [4.69, 9.17) is 10.5 Å². The fourth-order valence-electron chi connectivity index (χ4n) is 3.42. The van der Waals surface area contributed by atoms with Crippen molar-refractivity contribution >= 4 is 11.8 Å². The normalized spacial score (nSPS) is 24.7. The fourth-order valence-corrected chi connectivity index (χ4v) is 3.42. The molecular formula is C16H22N6O. The summed E-state index contributed by atoms with van der Waals surface area (Å²) in [6, 6.07) is 0. The van der Waals surface area contributed by atoms with Gasteiger partial charge in [0.25, 0.3) is 0 Å². The van der Waals surface area contributed by atoms with Crippen molar-refractivity contribution in [1.29, 1.82) is 0 Å². The third-order valence-corrected chi connectivity index (χ3v) is 4.63. The molecule has 1 aliphatic carbocycles. The number of nitrogens with one attached hydrogen (secondary N) is 2. The highest BCUT2D eigenvalue weighted by Gasteiger charge is 2.31. The summed E-state index contributed by atoms with van der Waals surface area (Å²) in [4.78, 5) is 10.5. The van der Waals surface area contributed by atoms with E-state index in [2.05, 4.69) is 44.1 Å². The van der Waals surface area contributed by atoms with Gasteiger partial charge in [0.2, 0.25) is 0 Å². The summed E-state index contributed by atoms with van der Waals surface area (Å²) in [7, 11) is 0. The molecular weight excluding hydrogens is 292 g/mol. The molecule has 4 rings (SSSR count). The van der Waals surface area contributed by atoms with Crippen LogP contribution in [0, 0.1) is 5.41 Å². The number of rotatable bonds is 3. The molecule has 23 heavy (non-hydrogen) atoms. The van der Waals surface area contributed by atoms with Crippen LogP contribution >= 0.6 is 0 Å². The zero-order chi connectivity index (χ0) is 15.9. The zero-order valence-corrected chi connectivity index (χ0v) is 13.3. The van der Waals surface area contributed by atoms with E-state index < -0.39 is 0 Å². The van der Waals surface area contributed by atoms with Crippen LogP contribution in [-0.2, 0) is 11.2 Å². The quantitative estimate of drug-likeness (QED) is 0.793. The predicted molar refractivity (Wildman–Crippen MR) is 88.7 cm³/mol. The third-order valence-electron chi connectivity index (χ3n) is 4.63. The average Bonchev–Trinajstić information content (AvgIpc) is 3.13. The molecule has 0 aromatic carbocycles. The van der Waals surface area contributed by atoms with Crippen molar-refractivity contribution in [2.75, 3.05) is 38.6 Å². The van der Waals surface area contributed by atoms with Crippen molar-refractivity contribution < 1.29 is 4.74 Å². The van der Waals surface area contributed by atoms with Crippen LogP contribution in [-0.4, -0.2) is 57.9 Å². The molecule has 1 atom stereocenters. The topological polar surface area (TPSA) is 95.8 Å². The van der Waals surface area contributed by atoms with E-state index in [9.17, 15) is 0 Å². The molecule has 122 valence electrons. The maximum atomic E-state index is 5.92. The molecule has 1 saturated heterocycles. The van der Waals surface area contributed by atoms with Gasteiger partial charge < -0.3 is 15.5 Å². The lowest BCUT2D eigenvalue weighted by atomic mass is 9.80. The van der Waals surface area contributed by atoms with Crippen molar-refractivity contribution in [2.45, 2.75) is 13.3 Å². The number of nitrogens with zero attached hydrogens (tertiary/aromatic N) is 3. The maximum absolute atomic E-state index is 5.92. The van der Waals surface area contributed by atoms with Crippen molar-refractivity contribution in [3.8, 4) is 11.5 Å². The second-order valence-electron chi connectivity index (χ2n) is 6.70. The largest absolute Gasteiger partial charge is 0.396 e. The maximum Gasteiger partial charge on any atom is 0.158 e. The molecule has 7 heteroatoms. The molecule has 0 bridgehead atoms. The Morgan fingerprint density at radius 3 is 2.96 bits per heavy atom. The first-order chi connectivity index (χ1) is 11.1. The Hall–Kier alpha value is -2.12. The van der Waals surface area contributed by atoms with E-state index in [1.165, 1.54) is 0 Å². The molecule has 4 N–H and O–H groups in total. The van der Waals surface area contributed by atoms with Crippen molar-refractivity contribution in [2.24, 2.45) is 5.41 Å². The Bertz CT molecular complexity index is 727.